The van der Waals surface area contributed by atoms with Crippen molar-refractivity contribution in [3.05, 3.63) is 24.0 Å². The second-order valence-electron chi connectivity index (χ2n) is 4.73. The molecule has 2 heterocycles. The summed E-state index contributed by atoms with van der Waals surface area (Å²) < 4.78 is 63.6. The van der Waals surface area contributed by atoms with E-state index in [1.165, 1.54) is 12.1 Å². The molecule has 0 spiro atoms. The largest absolute Gasteiger partial charge is 0.393 e. The summed E-state index contributed by atoms with van der Waals surface area (Å²) in [4.78, 5) is 3.43. The zero-order valence-electron chi connectivity index (χ0n) is 10.8. The van der Waals surface area contributed by atoms with Crippen LogP contribution < -0.4 is 0 Å². The van der Waals surface area contributed by atoms with Gasteiger partial charge in [0.2, 0.25) is 10.0 Å². The van der Waals surface area contributed by atoms with E-state index in [2.05, 4.69) is 4.98 Å². The third-order valence-corrected chi connectivity index (χ3v) is 5.18. The Kier molecular flexibility index (Phi) is 4.20. The molecule has 1 saturated heterocycles. The summed E-state index contributed by atoms with van der Waals surface area (Å²) in [6.45, 7) is -0.527. The molecule has 1 aromatic rings. The van der Waals surface area contributed by atoms with Crippen molar-refractivity contribution in [2.24, 2.45) is 5.92 Å². The normalized spacial score (nSPS) is 21.0. The lowest BCUT2D eigenvalue weighted by molar-refractivity contribution is -0.182. The highest BCUT2D eigenvalue weighted by Crippen LogP contribution is 2.34. The summed E-state index contributed by atoms with van der Waals surface area (Å²) in [5.41, 5.74) is 0.0424. The van der Waals surface area contributed by atoms with E-state index in [9.17, 15) is 21.6 Å². The zero-order chi connectivity index (χ0) is 15.7. The molecule has 1 fully saturated rings. The van der Waals surface area contributed by atoms with Gasteiger partial charge in [-0.1, -0.05) is 0 Å². The first-order valence-electron chi connectivity index (χ1n) is 6.18. The molecule has 9 heteroatoms. The average molecular weight is 319 g/mol. The van der Waals surface area contributed by atoms with Gasteiger partial charge < -0.3 is 0 Å². The van der Waals surface area contributed by atoms with Gasteiger partial charge in [0, 0.05) is 19.3 Å². The zero-order valence-corrected chi connectivity index (χ0v) is 11.7. The minimum absolute atomic E-state index is 0.0424. The van der Waals surface area contributed by atoms with Crippen LogP contribution in [0.3, 0.4) is 0 Å². The van der Waals surface area contributed by atoms with Crippen molar-refractivity contribution in [1.29, 1.82) is 5.26 Å². The predicted octanol–water partition coefficient (Wildman–Crippen LogP) is 1.92. The quantitative estimate of drug-likeness (QED) is 0.834. The molecule has 1 aromatic heterocycles. The van der Waals surface area contributed by atoms with Crippen molar-refractivity contribution in [2.75, 3.05) is 13.1 Å². The summed E-state index contributed by atoms with van der Waals surface area (Å²) in [5.74, 6) is -1.65. The lowest BCUT2D eigenvalue weighted by Gasteiger charge is -2.32. The molecule has 21 heavy (non-hydrogen) atoms. The lowest BCUT2D eigenvalue weighted by Crippen LogP contribution is -2.44. The SMILES string of the molecule is N#Cc1ccc(S(=O)(=O)N2CCCC(C(F)(F)F)C2)cn1. The van der Waals surface area contributed by atoms with E-state index in [1.54, 1.807) is 6.07 Å². The van der Waals surface area contributed by atoms with Gasteiger partial charge in [0.05, 0.1) is 5.92 Å². The number of hydrogen-bond donors (Lipinski definition) is 0. The van der Waals surface area contributed by atoms with Crippen LogP contribution in [0.2, 0.25) is 0 Å². The summed E-state index contributed by atoms with van der Waals surface area (Å²) in [6.07, 6.45) is -3.32. The van der Waals surface area contributed by atoms with E-state index in [-0.39, 0.29) is 30.0 Å². The number of rotatable bonds is 2. The molecule has 0 amide bonds. The maximum absolute atomic E-state index is 12.7. The van der Waals surface area contributed by atoms with Crippen LogP contribution in [-0.4, -0.2) is 37.0 Å². The molecule has 0 aromatic carbocycles. The second-order valence-corrected chi connectivity index (χ2v) is 6.67. The Balaban J connectivity index is 2.24. The number of nitrogens with zero attached hydrogens (tertiary/aromatic N) is 3. The fourth-order valence-corrected chi connectivity index (χ4v) is 3.65. The minimum Gasteiger partial charge on any atom is -0.244 e. The van der Waals surface area contributed by atoms with Gasteiger partial charge in [-0.05, 0) is 25.0 Å². The standard InChI is InChI=1S/C12H12F3N3O2S/c13-12(14,15)9-2-1-5-18(8-9)21(19,20)11-4-3-10(6-16)17-7-11/h3-4,7,9H,1-2,5,8H2. The molecule has 1 atom stereocenters. The summed E-state index contributed by atoms with van der Waals surface area (Å²) in [5, 5.41) is 8.61. The Morgan fingerprint density at radius 1 is 1.38 bits per heavy atom. The fourth-order valence-electron chi connectivity index (χ4n) is 2.18. The molecule has 0 bridgehead atoms. The van der Waals surface area contributed by atoms with Crippen LogP contribution in [0, 0.1) is 17.2 Å². The number of hydrogen-bond acceptors (Lipinski definition) is 4. The molecule has 1 aliphatic rings. The molecular weight excluding hydrogens is 307 g/mol. The Morgan fingerprint density at radius 2 is 2.10 bits per heavy atom. The molecule has 1 unspecified atom stereocenters. The van der Waals surface area contributed by atoms with Gasteiger partial charge in [0.15, 0.2) is 0 Å². The molecule has 0 aliphatic carbocycles. The van der Waals surface area contributed by atoms with Crippen LogP contribution in [0.5, 0.6) is 0 Å². The van der Waals surface area contributed by atoms with Crippen molar-refractivity contribution >= 4 is 10.0 Å². The van der Waals surface area contributed by atoms with E-state index < -0.39 is 28.7 Å². The minimum atomic E-state index is -4.41. The highest BCUT2D eigenvalue weighted by atomic mass is 32.2. The van der Waals surface area contributed by atoms with Gasteiger partial charge >= 0.3 is 6.18 Å². The summed E-state index contributed by atoms with van der Waals surface area (Å²) >= 11 is 0. The first kappa shape index (κ1) is 15.7. The van der Waals surface area contributed by atoms with Crippen molar-refractivity contribution in [3.63, 3.8) is 0 Å². The highest BCUT2D eigenvalue weighted by Gasteiger charge is 2.44. The number of sulfonamides is 1. The monoisotopic (exact) mass is 319 g/mol. The van der Waals surface area contributed by atoms with E-state index >= 15 is 0 Å². The second kappa shape index (κ2) is 5.61. The molecule has 1 aliphatic heterocycles. The molecule has 5 nitrogen and oxygen atoms in total. The third kappa shape index (κ3) is 3.33. The Hall–Kier alpha value is -1.66. The first-order valence-corrected chi connectivity index (χ1v) is 7.62. The Morgan fingerprint density at radius 3 is 2.62 bits per heavy atom. The van der Waals surface area contributed by atoms with Crippen LogP contribution in [0.15, 0.2) is 23.2 Å². The van der Waals surface area contributed by atoms with Gasteiger partial charge in [-0.25, -0.2) is 13.4 Å². The van der Waals surface area contributed by atoms with Gasteiger partial charge in [-0.15, -0.1) is 0 Å². The van der Waals surface area contributed by atoms with Crippen LogP contribution in [-0.2, 0) is 10.0 Å². The van der Waals surface area contributed by atoms with Gasteiger partial charge in [0.25, 0.3) is 0 Å². The number of piperidine rings is 1. The first-order chi connectivity index (χ1) is 9.75. The van der Waals surface area contributed by atoms with E-state index in [1.807, 2.05) is 0 Å². The maximum atomic E-state index is 12.7. The van der Waals surface area contributed by atoms with Crippen LogP contribution in [0.4, 0.5) is 13.2 Å². The van der Waals surface area contributed by atoms with E-state index in [4.69, 9.17) is 5.26 Å². The number of aromatic nitrogens is 1. The topological polar surface area (TPSA) is 74.1 Å². The Labute approximate surface area is 120 Å². The third-order valence-electron chi connectivity index (χ3n) is 3.34. The van der Waals surface area contributed by atoms with Crippen LogP contribution >= 0.6 is 0 Å². The molecule has 114 valence electrons. The molecule has 0 N–H and O–H groups in total. The number of pyridine rings is 1. The Bertz CT molecular complexity index is 650. The predicted molar refractivity (Wildman–Crippen MR) is 66.5 cm³/mol. The van der Waals surface area contributed by atoms with E-state index in [0.29, 0.717) is 0 Å². The van der Waals surface area contributed by atoms with E-state index in [0.717, 1.165) is 10.5 Å². The smallest absolute Gasteiger partial charge is 0.244 e. The van der Waals surface area contributed by atoms with Gasteiger partial charge in [-0.2, -0.15) is 22.7 Å². The van der Waals surface area contributed by atoms with Crippen molar-refractivity contribution in [2.45, 2.75) is 23.9 Å². The average Bonchev–Trinajstić information content (AvgIpc) is 2.46. The fraction of sp³-hybridized carbons (Fsp3) is 0.500. The van der Waals surface area contributed by atoms with Crippen molar-refractivity contribution in [3.8, 4) is 6.07 Å². The molecule has 0 radical (unpaired) electrons. The number of nitriles is 1. The lowest BCUT2D eigenvalue weighted by atomic mass is 9.99. The van der Waals surface area contributed by atoms with Crippen LogP contribution in [0.25, 0.3) is 0 Å². The van der Waals surface area contributed by atoms with Crippen molar-refractivity contribution in [1.82, 2.24) is 9.29 Å². The summed E-state index contributed by atoms with van der Waals surface area (Å²) in [6, 6.07) is 4.14. The molecule has 2 rings (SSSR count). The number of alkyl halides is 3. The highest BCUT2D eigenvalue weighted by molar-refractivity contribution is 7.89. The van der Waals surface area contributed by atoms with Crippen molar-refractivity contribution < 1.29 is 21.6 Å². The number of halogens is 3. The molecule has 0 saturated carbocycles. The maximum Gasteiger partial charge on any atom is 0.393 e. The summed E-state index contributed by atoms with van der Waals surface area (Å²) in [7, 11) is -4.02. The molecular formula is C12H12F3N3O2S. The van der Waals surface area contributed by atoms with Gasteiger partial charge in [-0.3, -0.25) is 0 Å². The van der Waals surface area contributed by atoms with Gasteiger partial charge in [0.1, 0.15) is 16.7 Å². The van der Waals surface area contributed by atoms with Crippen LogP contribution in [0.1, 0.15) is 18.5 Å².